The number of hydrogen-bond acceptors (Lipinski definition) is 4. The number of nitrogens with zero attached hydrogens (tertiary/aromatic N) is 3. The molecule has 0 bridgehead atoms. The lowest BCUT2D eigenvalue weighted by Crippen LogP contribution is -2.28. The van der Waals surface area contributed by atoms with Crippen LogP contribution in [0.5, 0.6) is 0 Å². The largest absolute Gasteiger partial charge is 0.370 e. The summed E-state index contributed by atoms with van der Waals surface area (Å²) in [6, 6.07) is 3.97. The van der Waals surface area contributed by atoms with Crippen molar-refractivity contribution >= 4 is 33.0 Å². The zero-order valence-electron chi connectivity index (χ0n) is 11.9. The molecule has 110 valence electrons. The summed E-state index contributed by atoms with van der Waals surface area (Å²) < 4.78 is 4.34. The fourth-order valence-electron chi connectivity index (χ4n) is 2.51. The van der Waals surface area contributed by atoms with Gasteiger partial charge in [0.1, 0.15) is 11.3 Å². The molecule has 0 radical (unpaired) electrons. The fourth-order valence-corrected chi connectivity index (χ4v) is 3.45. The van der Waals surface area contributed by atoms with Crippen molar-refractivity contribution in [3.8, 4) is 0 Å². The van der Waals surface area contributed by atoms with Gasteiger partial charge in [-0.3, -0.25) is 14.0 Å². The Morgan fingerprint density at radius 2 is 2.14 bits per heavy atom. The molecule has 3 aromatic heterocycles. The maximum atomic E-state index is 12.5. The highest BCUT2D eigenvalue weighted by atomic mass is 32.1. The van der Waals surface area contributed by atoms with Crippen molar-refractivity contribution in [2.24, 2.45) is 5.73 Å². The minimum Gasteiger partial charge on any atom is -0.370 e. The van der Waals surface area contributed by atoms with E-state index in [-0.39, 0.29) is 18.5 Å². The third-order valence-corrected chi connectivity index (χ3v) is 4.43. The van der Waals surface area contributed by atoms with E-state index in [1.807, 2.05) is 24.3 Å². The van der Waals surface area contributed by atoms with Crippen molar-refractivity contribution in [2.45, 2.75) is 33.2 Å². The van der Waals surface area contributed by atoms with E-state index in [1.54, 1.807) is 11.3 Å². The number of hydrogen-bond donors (Lipinski definition) is 1. The van der Waals surface area contributed by atoms with Gasteiger partial charge in [-0.05, 0) is 19.1 Å². The minimum atomic E-state index is -0.436. The molecule has 1 amide bonds. The lowest BCUT2D eigenvalue weighted by Gasteiger charge is -2.09. The van der Waals surface area contributed by atoms with Gasteiger partial charge < -0.3 is 5.73 Å². The fraction of sp³-hybridized carbons (Fsp3) is 0.357. The van der Waals surface area contributed by atoms with E-state index in [2.05, 4.69) is 11.2 Å². The van der Waals surface area contributed by atoms with E-state index in [1.165, 1.54) is 9.56 Å². The topological polar surface area (TPSA) is 82.4 Å². The summed E-state index contributed by atoms with van der Waals surface area (Å²) in [4.78, 5) is 24.6. The minimum absolute atomic E-state index is 0.112. The Morgan fingerprint density at radius 3 is 2.81 bits per heavy atom. The van der Waals surface area contributed by atoms with Crippen molar-refractivity contribution < 1.29 is 4.79 Å². The molecule has 0 fully saturated rings. The van der Waals surface area contributed by atoms with Crippen molar-refractivity contribution in [2.75, 3.05) is 0 Å². The standard InChI is InChI=1S/C14H16N4O2S/c1-3-13-16-17(5-4-12(15)19)14(20)10-7-11-9(18(10)13)6-8(2)21-11/h6-7H,3-5H2,1-2H3,(H2,15,19). The van der Waals surface area contributed by atoms with Crippen LogP contribution in [0.2, 0.25) is 0 Å². The van der Waals surface area contributed by atoms with Crippen molar-refractivity contribution in [1.29, 1.82) is 0 Å². The van der Waals surface area contributed by atoms with E-state index >= 15 is 0 Å². The summed E-state index contributed by atoms with van der Waals surface area (Å²) in [5.41, 5.74) is 6.59. The molecule has 0 saturated heterocycles. The van der Waals surface area contributed by atoms with Crippen LogP contribution in [-0.4, -0.2) is 20.1 Å². The Labute approximate surface area is 124 Å². The maximum Gasteiger partial charge on any atom is 0.291 e. The van der Waals surface area contributed by atoms with Crippen LogP contribution in [0.1, 0.15) is 24.0 Å². The molecule has 0 saturated carbocycles. The third kappa shape index (κ3) is 2.23. The molecule has 0 aliphatic rings. The van der Waals surface area contributed by atoms with Crippen molar-refractivity contribution in [3.05, 3.63) is 33.2 Å². The van der Waals surface area contributed by atoms with E-state index in [0.717, 1.165) is 16.0 Å². The van der Waals surface area contributed by atoms with Crippen LogP contribution >= 0.6 is 11.3 Å². The molecule has 0 aliphatic heterocycles. The summed E-state index contributed by atoms with van der Waals surface area (Å²) in [5, 5.41) is 4.39. The highest BCUT2D eigenvalue weighted by Crippen LogP contribution is 2.28. The number of thiophene rings is 1. The maximum absolute atomic E-state index is 12.5. The summed E-state index contributed by atoms with van der Waals surface area (Å²) in [5.74, 6) is 0.371. The molecule has 6 nitrogen and oxygen atoms in total. The molecule has 0 aromatic carbocycles. The summed E-state index contributed by atoms with van der Waals surface area (Å²) in [6.45, 7) is 4.26. The monoisotopic (exact) mass is 304 g/mol. The average Bonchev–Trinajstić information content (AvgIpc) is 2.94. The number of nitrogens with two attached hydrogens (primary N) is 1. The van der Waals surface area contributed by atoms with Crippen molar-refractivity contribution in [3.63, 3.8) is 0 Å². The molecule has 0 atom stereocenters. The van der Waals surface area contributed by atoms with Crippen LogP contribution < -0.4 is 11.3 Å². The number of aryl methyl sites for hydroxylation is 3. The van der Waals surface area contributed by atoms with Crippen LogP contribution in [0.15, 0.2) is 16.9 Å². The van der Waals surface area contributed by atoms with E-state index < -0.39 is 5.91 Å². The van der Waals surface area contributed by atoms with Gasteiger partial charge in [-0.25, -0.2) is 4.68 Å². The second-order valence-corrected chi connectivity index (χ2v) is 6.27. The number of fused-ring (bicyclic) bond motifs is 3. The second-order valence-electron chi connectivity index (χ2n) is 4.99. The first-order valence-electron chi connectivity index (χ1n) is 6.81. The zero-order chi connectivity index (χ0) is 15.1. The number of aromatic nitrogens is 3. The Balaban J connectivity index is 2.27. The first-order valence-corrected chi connectivity index (χ1v) is 7.62. The number of carbonyl (C=O) groups excluding carboxylic acids is 1. The molecule has 0 aliphatic carbocycles. The molecule has 3 aromatic rings. The van der Waals surface area contributed by atoms with Gasteiger partial charge in [0.2, 0.25) is 5.91 Å². The van der Waals surface area contributed by atoms with Crippen LogP contribution in [0.25, 0.3) is 15.7 Å². The first-order chi connectivity index (χ1) is 10.0. The zero-order valence-corrected chi connectivity index (χ0v) is 12.7. The van der Waals surface area contributed by atoms with E-state index in [4.69, 9.17) is 5.73 Å². The van der Waals surface area contributed by atoms with Gasteiger partial charge in [-0.1, -0.05) is 6.92 Å². The highest BCUT2D eigenvalue weighted by molar-refractivity contribution is 7.19. The second kappa shape index (κ2) is 5.00. The normalized spacial score (nSPS) is 11.5. The Bertz CT molecular complexity index is 903. The van der Waals surface area contributed by atoms with Gasteiger partial charge in [0.15, 0.2) is 0 Å². The Hall–Kier alpha value is -2.15. The Kier molecular flexibility index (Phi) is 3.29. The summed E-state index contributed by atoms with van der Waals surface area (Å²) >= 11 is 1.66. The van der Waals surface area contributed by atoms with Gasteiger partial charge in [-0.15, -0.1) is 11.3 Å². The highest BCUT2D eigenvalue weighted by Gasteiger charge is 2.15. The quantitative estimate of drug-likeness (QED) is 0.792. The molecule has 3 heterocycles. The van der Waals surface area contributed by atoms with Gasteiger partial charge in [0.05, 0.1) is 16.8 Å². The lowest BCUT2D eigenvalue weighted by molar-refractivity contribution is -0.118. The van der Waals surface area contributed by atoms with Crippen LogP contribution in [0, 0.1) is 6.92 Å². The number of carbonyl (C=O) groups is 1. The molecule has 0 unspecified atom stereocenters. The van der Waals surface area contributed by atoms with Gasteiger partial charge in [0, 0.05) is 17.7 Å². The van der Waals surface area contributed by atoms with Crippen molar-refractivity contribution in [1.82, 2.24) is 14.2 Å². The average molecular weight is 304 g/mol. The van der Waals surface area contributed by atoms with E-state index in [9.17, 15) is 9.59 Å². The predicted molar refractivity (Wildman–Crippen MR) is 82.8 cm³/mol. The van der Waals surface area contributed by atoms with Crippen LogP contribution in [0.3, 0.4) is 0 Å². The SMILES string of the molecule is CCc1nn(CCC(N)=O)c(=O)c2cc3sc(C)cc3n12. The van der Waals surface area contributed by atoms with Gasteiger partial charge in [0.25, 0.3) is 5.56 Å². The number of amides is 1. The predicted octanol–water partition coefficient (Wildman–Crippen LogP) is 1.46. The molecular weight excluding hydrogens is 288 g/mol. The van der Waals surface area contributed by atoms with Crippen LogP contribution in [0.4, 0.5) is 0 Å². The molecular formula is C14H16N4O2S. The van der Waals surface area contributed by atoms with Crippen LogP contribution in [-0.2, 0) is 17.8 Å². The summed E-state index contributed by atoms with van der Waals surface area (Å²) in [6.07, 6.45) is 0.812. The summed E-state index contributed by atoms with van der Waals surface area (Å²) in [7, 11) is 0. The lowest BCUT2D eigenvalue weighted by atomic mass is 10.4. The van der Waals surface area contributed by atoms with Gasteiger partial charge in [-0.2, -0.15) is 5.10 Å². The number of primary amides is 1. The molecule has 7 heteroatoms. The Morgan fingerprint density at radius 1 is 1.38 bits per heavy atom. The first kappa shape index (κ1) is 13.8. The van der Waals surface area contributed by atoms with Gasteiger partial charge >= 0.3 is 0 Å². The van der Waals surface area contributed by atoms with E-state index in [0.29, 0.717) is 11.9 Å². The molecule has 21 heavy (non-hydrogen) atoms. The number of rotatable bonds is 4. The molecule has 2 N–H and O–H groups in total. The third-order valence-electron chi connectivity index (χ3n) is 3.45. The molecule has 3 rings (SSSR count). The smallest absolute Gasteiger partial charge is 0.291 e. The molecule has 0 spiro atoms.